The molecule has 1 aliphatic carbocycles. The predicted octanol–water partition coefficient (Wildman–Crippen LogP) is 3.42. The van der Waals surface area contributed by atoms with Crippen molar-refractivity contribution >= 4 is 0 Å². The van der Waals surface area contributed by atoms with Gasteiger partial charge in [-0.15, -0.1) is 0 Å². The summed E-state index contributed by atoms with van der Waals surface area (Å²) in [6.07, 6.45) is 2.08. The molecule has 2 aromatic rings. The van der Waals surface area contributed by atoms with E-state index >= 15 is 0 Å². The zero-order valence-corrected chi connectivity index (χ0v) is 10.8. The number of nitrogens with two attached hydrogens (primary N) is 1. The van der Waals surface area contributed by atoms with Gasteiger partial charge >= 0.3 is 0 Å². The fraction of sp³-hybridized carbons (Fsp3) is 0.294. The molecule has 18 heavy (non-hydrogen) atoms. The zero-order valence-electron chi connectivity index (χ0n) is 10.8. The van der Waals surface area contributed by atoms with Crippen molar-refractivity contribution in [2.45, 2.75) is 31.2 Å². The summed E-state index contributed by atoms with van der Waals surface area (Å²) in [5.74, 6) is 0.526. The second kappa shape index (κ2) is 4.25. The van der Waals surface area contributed by atoms with Crippen LogP contribution in [0.15, 0.2) is 54.6 Å². The minimum atomic E-state index is -0.0311. The molecule has 0 radical (unpaired) electrons. The van der Waals surface area contributed by atoms with Crippen molar-refractivity contribution in [3.05, 3.63) is 71.3 Å². The molecular formula is C17H19N. The molecule has 1 fully saturated rings. The highest BCUT2D eigenvalue weighted by molar-refractivity contribution is 5.36. The van der Waals surface area contributed by atoms with Gasteiger partial charge < -0.3 is 5.73 Å². The Morgan fingerprint density at radius 1 is 1.06 bits per heavy atom. The molecule has 0 amide bonds. The van der Waals surface area contributed by atoms with E-state index in [2.05, 4.69) is 61.5 Å². The third kappa shape index (κ3) is 2.19. The van der Waals surface area contributed by atoms with Crippen molar-refractivity contribution in [1.82, 2.24) is 0 Å². The number of hydrogen-bond acceptors (Lipinski definition) is 1. The van der Waals surface area contributed by atoms with Crippen LogP contribution in [-0.2, 0) is 6.42 Å². The molecule has 3 rings (SSSR count). The minimum Gasteiger partial charge on any atom is -0.324 e. The van der Waals surface area contributed by atoms with Gasteiger partial charge in [-0.3, -0.25) is 0 Å². The van der Waals surface area contributed by atoms with Crippen LogP contribution in [0.3, 0.4) is 0 Å². The average Bonchev–Trinajstić information content (AvgIpc) is 3.03. The van der Waals surface area contributed by atoms with Crippen molar-refractivity contribution < 1.29 is 0 Å². The third-order valence-electron chi connectivity index (χ3n) is 3.97. The molecule has 92 valence electrons. The van der Waals surface area contributed by atoms with E-state index in [1.165, 1.54) is 16.7 Å². The van der Waals surface area contributed by atoms with Crippen LogP contribution in [0, 0.1) is 6.92 Å². The molecule has 1 aliphatic rings. The Morgan fingerprint density at radius 2 is 1.72 bits per heavy atom. The molecule has 0 bridgehead atoms. The van der Waals surface area contributed by atoms with Crippen molar-refractivity contribution in [1.29, 1.82) is 0 Å². The molecule has 0 spiro atoms. The second-order valence-corrected chi connectivity index (χ2v) is 5.56. The molecule has 1 nitrogen and oxygen atoms in total. The smallest absolute Gasteiger partial charge is 0.0271 e. The van der Waals surface area contributed by atoms with Crippen molar-refractivity contribution in [3.63, 3.8) is 0 Å². The van der Waals surface area contributed by atoms with E-state index in [1.807, 2.05) is 0 Å². The van der Waals surface area contributed by atoms with Gasteiger partial charge in [-0.2, -0.15) is 0 Å². The quantitative estimate of drug-likeness (QED) is 0.869. The van der Waals surface area contributed by atoms with E-state index in [4.69, 9.17) is 5.73 Å². The van der Waals surface area contributed by atoms with E-state index in [-0.39, 0.29) is 5.54 Å². The highest BCUT2D eigenvalue weighted by atomic mass is 14.9. The van der Waals surface area contributed by atoms with Crippen LogP contribution in [0.4, 0.5) is 0 Å². The Hall–Kier alpha value is -1.60. The van der Waals surface area contributed by atoms with Gasteiger partial charge in [0.15, 0.2) is 0 Å². The van der Waals surface area contributed by atoms with Gasteiger partial charge in [0.25, 0.3) is 0 Å². The summed E-state index contributed by atoms with van der Waals surface area (Å²) >= 11 is 0. The van der Waals surface area contributed by atoms with Crippen LogP contribution in [0.5, 0.6) is 0 Å². The van der Waals surface area contributed by atoms with Crippen LogP contribution in [-0.4, -0.2) is 5.54 Å². The molecule has 2 atom stereocenters. The first-order chi connectivity index (χ1) is 8.67. The summed E-state index contributed by atoms with van der Waals surface area (Å²) in [7, 11) is 0. The SMILES string of the molecule is Cc1ccc(C2CC2(N)Cc2ccccc2)cc1. The number of benzene rings is 2. The number of hydrogen-bond donors (Lipinski definition) is 1. The van der Waals surface area contributed by atoms with Crippen molar-refractivity contribution in [2.24, 2.45) is 5.73 Å². The second-order valence-electron chi connectivity index (χ2n) is 5.56. The summed E-state index contributed by atoms with van der Waals surface area (Å²) in [5, 5.41) is 0. The van der Waals surface area contributed by atoms with Crippen molar-refractivity contribution in [2.75, 3.05) is 0 Å². The topological polar surface area (TPSA) is 26.0 Å². The largest absolute Gasteiger partial charge is 0.324 e. The van der Waals surface area contributed by atoms with E-state index < -0.39 is 0 Å². The first-order valence-corrected chi connectivity index (χ1v) is 6.57. The van der Waals surface area contributed by atoms with Crippen LogP contribution in [0.2, 0.25) is 0 Å². The monoisotopic (exact) mass is 237 g/mol. The Kier molecular flexibility index (Phi) is 2.71. The van der Waals surface area contributed by atoms with E-state index in [0.29, 0.717) is 5.92 Å². The van der Waals surface area contributed by atoms with Crippen LogP contribution in [0.1, 0.15) is 29.0 Å². The van der Waals surface area contributed by atoms with Crippen LogP contribution < -0.4 is 5.73 Å². The summed E-state index contributed by atoms with van der Waals surface area (Å²) in [6, 6.07) is 19.4. The molecule has 1 saturated carbocycles. The predicted molar refractivity (Wildman–Crippen MR) is 75.6 cm³/mol. The van der Waals surface area contributed by atoms with Gasteiger partial charge in [0.05, 0.1) is 0 Å². The highest BCUT2D eigenvalue weighted by Gasteiger charge is 2.51. The van der Waals surface area contributed by atoms with Gasteiger partial charge in [0.2, 0.25) is 0 Å². The van der Waals surface area contributed by atoms with Gasteiger partial charge in [0, 0.05) is 11.5 Å². The Morgan fingerprint density at radius 3 is 2.39 bits per heavy atom. The van der Waals surface area contributed by atoms with E-state index in [9.17, 15) is 0 Å². The maximum atomic E-state index is 6.49. The molecule has 0 heterocycles. The maximum absolute atomic E-state index is 6.49. The molecular weight excluding hydrogens is 218 g/mol. The lowest BCUT2D eigenvalue weighted by Gasteiger charge is -2.12. The third-order valence-corrected chi connectivity index (χ3v) is 3.97. The Bertz CT molecular complexity index is 529. The Balaban J connectivity index is 1.74. The average molecular weight is 237 g/mol. The van der Waals surface area contributed by atoms with Gasteiger partial charge in [0.1, 0.15) is 0 Å². The molecule has 1 heteroatoms. The molecule has 2 aromatic carbocycles. The minimum absolute atomic E-state index is 0.0311. The number of rotatable bonds is 3. The van der Waals surface area contributed by atoms with Crippen molar-refractivity contribution in [3.8, 4) is 0 Å². The first-order valence-electron chi connectivity index (χ1n) is 6.57. The lowest BCUT2D eigenvalue weighted by Crippen LogP contribution is -2.27. The lowest BCUT2D eigenvalue weighted by atomic mass is 9.99. The number of aryl methyl sites for hydroxylation is 1. The molecule has 0 aliphatic heterocycles. The molecule has 0 saturated heterocycles. The summed E-state index contributed by atoms with van der Waals surface area (Å²) in [4.78, 5) is 0. The van der Waals surface area contributed by atoms with E-state index in [1.54, 1.807) is 0 Å². The first kappa shape index (κ1) is 11.5. The van der Waals surface area contributed by atoms with E-state index in [0.717, 1.165) is 12.8 Å². The summed E-state index contributed by atoms with van der Waals surface area (Å²) < 4.78 is 0. The Labute approximate surface area is 109 Å². The maximum Gasteiger partial charge on any atom is 0.0271 e. The van der Waals surface area contributed by atoms with Crippen LogP contribution >= 0.6 is 0 Å². The van der Waals surface area contributed by atoms with Gasteiger partial charge in [-0.1, -0.05) is 60.2 Å². The highest BCUT2D eigenvalue weighted by Crippen LogP contribution is 2.51. The zero-order chi connectivity index (χ0) is 12.6. The molecule has 0 aromatic heterocycles. The summed E-state index contributed by atoms with van der Waals surface area (Å²) in [5.41, 5.74) is 10.5. The van der Waals surface area contributed by atoms with Gasteiger partial charge in [-0.05, 0) is 30.9 Å². The summed E-state index contributed by atoms with van der Waals surface area (Å²) in [6.45, 7) is 2.12. The normalized spacial score (nSPS) is 26.0. The van der Waals surface area contributed by atoms with Gasteiger partial charge in [-0.25, -0.2) is 0 Å². The van der Waals surface area contributed by atoms with Crippen LogP contribution in [0.25, 0.3) is 0 Å². The molecule has 2 unspecified atom stereocenters. The fourth-order valence-electron chi connectivity index (χ4n) is 2.74. The molecule has 2 N–H and O–H groups in total. The lowest BCUT2D eigenvalue weighted by molar-refractivity contribution is 0.646. The fourth-order valence-corrected chi connectivity index (χ4v) is 2.74. The standard InChI is InChI=1S/C17H19N/c1-13-7-9-15(10-8-13)16-12-17(16,18)11-14-5-3-2-4-6-14/h2-10,16H,11-12,18H2,1H3.